The van der Waals surface area contributed by atoms with Crippen LogP contribution in [0.25, 0.3) is 5.57 Å². The molecule has 6 nitrogen and oxygen atoms in total. The molecule has 38 heavy (non-hydrogen) atoms. The molecule has 0 unspecified atom stereocenters. The summed E-state index contributed by atoms with van der Waals surface area (Å²) < 4.78 is 0. The Hall–Kier alpha value is -2.41. The van der Waals surface area contributed by atoms with Crippen LogP contribution in [0.5, 0.6) is 0 Å². The highest BCUT2D eigenvalue weighted by Gasteiger charge is 2.38. The molecule has 1 aliphatic carbocycles. The van der Waals surface area contributed by atoms with Crippen LogP contribution in [0.3, 0.4) is 0 Å². The summed E-state index contributed by atoms with van der Waals surface area (Å²) >= 11 is 1.34. The zero-order valence-corrected chi connectivity index (χ0v) is 24.3. The molecule has 7 heteroatoms. The number of nitrogens with zero attached hydrogens (tertiary/aromatic N) is 4. The van der Waals surface area contributed by atoms with Crippen molar-refractivity contribution in [1.82, 2.24) is 10.2 Å². The summed E-state index contributed by atoms with van der Waals surface area (Å²) in [7, 11) is 0. The smallest absolute Gasteiger partial charge is 0.204 e. The Bertz CT molecular complexity index is 1030. The summed E-state index contributed by atoms with van der Waals surface area (Å²) in [5.41, 5.74) is 1.16. The number of amidine groups is 1. The summed E-state index contributed by atoms with van der Waals surface area (Å²) in [6.07, 6.45) is 27.7. The van der Waals surface area contributed by atoms with Gasteiger partial charge in [0.1, 0.15) is 22.2 Å². The minimum atomic E-state index is -0.207. The third-order valence-electron chi connectivity index (χ3n) is 7.23. The molecule has 2 aliphatic rings. The van der Waals surface area contributed by atoms with Crippen LogP contribution in [0.15, 0.2) is 39.0 Å². The minimum absolute atomic E-state index is 0.0199. The number of hydrogen-bond acceptors (Lipinski definition) is 6. The van der Waals surface area contributed by atoms with Gasteiger partial charge in [-0.1, -0.05) is 121 Å². The van der Waals surface area contributed by atoms with Crippen LogP contribution < -0.4 is 0 Å². The molecule has 0 aromatic carbocycles. The zero-order valence-electron chi connectivity index (χ0n) is 23.5. The second kappa shape index (κ2) is 17.2. The zero-order chi connectivity index (χ0) is 27.0. The lowest BCUT2D eigenvalue weighted by Gasteiger charge is -2.21. The third kappa shape index (κ3) is 9.40. The van der Waals surface area contributed by atoms with E-state index in [1.54, 1.807) is 12.3 Å². The number of unbranched alkanes of at least 4 members (excludes halogenated alkanes) is 15. The highest BCUT2D eigenvalue weighted by atomic mass is 32.1. The molecule has 0 spiro atoms. The Kier molecular flexibility index (Phi) is 13.7. The fourth-order valence-electron chi connectivity index (χ4n) is 4.85. The maximum Gasteiger partial charge on any atom is 0.204 e. The van der Waals surface area contributed by atoms with E-state index < -0.39 is 0 Å². The first kappa shape index (κ1) is 30.1. The van der Waals surface area contributed by atoms with Gasteiger partial charge in [-0.3, -0.25) is 9.79 Å². The van der Waals surface area contributed by atoms with Crippen LogP contribution in [0.1, 0.15) is 127 Å². The van der Waals surface area contributed by atoms with Gasteiger partial charge in [0.15, 0.2) is 5.01 Å². The van der Waals surface area contributed by atoms with Crippen molar-refractivity contribution in [2.24, 2.45) is 9.98 Å². The van der Waals surface area contributed by atoms with E-state index in [1.165, 1.54) is 108 Å². The molecular weight excluding hydrogens is 492 g/mol. The summed E-state index contributed by atoms with van der Waals surface area (Å²) in [6.45, 7) is 5.03. The number of aromatic nitrogens is 2. The van der Waals surface area contributed by atoms with Crippen LogP contribution in [0.4, 0.5) is 0 Å². The van der Waals surface area contributed by atoms with Crippen LogP contribution in [-0.4, -0.2) is 39.7 Å². The molecule has 1 aliphatic heterocycles. The highest BCUT2D eigenvalue weighted by molar-refractivity contribution is 7.12. The van der Waals surface area contributed by atoms with Crippen molar-refractivity contribution in [3.63, 3.8) is 0 Å². The van der Waals surface area contributed by atoms with Crippen LogP contribution in [0.2, 0.25) is 0 Å². The summed E-state index contributed by atoms with van der Waals surface area (Å²) in [6, 6.07) is 0. The number of carbonyl (C=O) groups excluding carboxylic acids is 1. The average Bonchev–Trinajstić information content (AvgIpc) is 3.39. The molecule has 1 N–H and O–H groups in total. The lowest BCUT2D eigenvalue weighted by atomic mass is 9.84. The molecule has 1 aromatic rings. The molecule has 0 saturated heterocycles. The number of carbonyl (C=O) groups is 1. The number of Topliss-reactive ketones (excluding diaryl/α,β-unsaturated/α-hetero) is 1. The van der Waals surface area contributed by atoms with E-state index in [4.69, 9.17) is 0 Å². The van der Waals surface area contributed by atoms with Gasteiger partial charge in [0.2, 0.25) is 5.78 Å². The number of aliphatic hydroxyl groups is 1. The fraction of sp³-hybridized carbons (Fsp3) is 0.645. The van der Waals surface area contributed by atoms with Crippen LogP contribution in [0, 0.1) is 0 Å². The van der Waals surface area contributed by atoms with Crippen molar-refractivity contribution in [3.8, 4) is 0 Å². The molecule has 208 valence electrons. The van der Waals surface area contributed by atoms with Gasteiger partial charge in [0, 0.05) is 18.3 Å². The van der Waals surface area contributed by atoms with Gasteiger partial charge in [0.25, 0.3) is 0 Å². The molecule has 0 bridgehead atoms. The van der Waals surface area contributed by atoms with Gasteiger partial charge in [-0.25, -0.2) is 4.99 Å². The summed E-state index contributed by atoms with van der Waals surface area (Å²) in [5.74, 6) is 0.442. The predicted molar refractivity (Wildman–Crippen MR) is 160 cm³/mol. The number of aliphatic imine (C=N–C) groups is 2. The van der Waals surface area contributed by atoms with E-state index in [2.05, 4.69) is 27.1 Å². The fourth-order valence-corrected chi connectivity index (χ4v) is 5.67. The number of aryl methyl sites for hydroxylation is 1. The summed E-state index contributed by atoms with van der Waals surface area (Å²) in [5, 5.41) is 19.9. The van der Waals surface area contributed by atoms with Crippen molar-refractivity contribution in [2.45, 2.75) is 123 Å². The first-order chi connectivity index (χ1) is 18.7. The number of ketones is 1. The Morgan fingerprint density at radius 3 is 1.82 bits per heavy atom. The van der Waals surface area contributed by atoms with E-state index in [-0.39, 0.29) is 17.1 Å². The Morgan fingerprint density at radius 2 is 1.34 bits per heavy atom. The van der Waals surface area contributed by atoms with Gasteiger partial charge in [-0.15, -0.1) is 10.2 Å². The number of aliphatic hydroxyl groups excluding tert-OH is 1. The van der Waals surface area contributed by atoms with Crippen LogP contribution >= 0.6 is 11.3 Å². The Balaban J connectivity index is 1.23. The largest absolute Gasteiger partial charge is 0.506 e. The van der Waals surface area contributed by atoms with E-state index in [9.17, 15) is 9.90 Å². The standard InChI is InChI=1S/C31H46N4O2S/c1-3-5-6-7-8-9-10-11-12-13-14-15-16-17-18-19-22-32-25-21-20-24(23-33-25)27-29(36)28(30(27)37)31-35-34-26(4-2)38-31/h20-21,23,36H,3-19,22H2,1-2H3. The molecular formula is C31H46N4O2S. The third-order valence-corrected chi connectivity index (χ3v) is 8.32. The summed E-state index contributed by atoms with van der Waals surface area (Å²) in [4.78, 5) is 21.6. The van der Waals surface area contributed by atoms with Crippen molar-refractivity contribution < 1.29 is 9.90 Å². The van der Waals surface area contributed by atoms with E-state index in [0.717, 1.165) is 24.4 Å². The SMILES string of the molecule is CCCCCCCCCCCCCCCCCCN=C1C=CC(=C2C(=O)C(c3nnc(CC)s3)=C2O)C=N1. The van der Waals surface area contributed by atoms with Crippen molar-refractivity contribution in [2.75, 3.05) is 6.54 Å². The predicted octanol–water partition coefficient (Wildman–Crippen LogP) is 8.55. The molecule has 0 fully saturated rings. The van der Waals surface area contributed by atoms with E-state index in [1.807, 2.05) is 13.0 Å². The quantitative estimate of drug-likeness (QED) is 0.141. The normalized spacial score (nSPS) is 18.2. The van der Waals surface area contributed by atoms with Crippen molar-refractivity contribution >= 4 is 34.7 Å². The molecule has 0 atom stereocenters. The molecule has 3 rings (SSSR count). The van der Waals surface area contributed by atoms with Gasteiger partial charge in [0.05, 0.1) is 5.57 Å². The minimum Gasteiger partial charge on any atom is -0.506 e. The lowest BCUT2D eigenvalue weighted by molar-refractivity contribution is -0.111. The topological polar surface area (TPSA) is 87.8 Å². The number of hydrogen-bond donors (Lipinski definition) is 1. The number of dihydropyridines is 1. The van der Waals surface area contributed by atoms with Gasteiger partial charge in [-0.2, -0.15) is 0 Å². The number of allylic oxidation sites excluding steroid dienone is 4. The lowest BCUT2D eigenvalue weighted by Crippen LogP contribution is -2.23. The van der Waals surface area contributed by atoms with Gasteiger partial charge in [-0.05, 0) is 25.0 Å². The van der Waals surface area contributed by atoms with Crippen molar-refractivity contribution in [1.29, 1.82) is 0 Å². The monoisotopic (exact) mass is 538 g/mol. The maximum absolute atomic E-state index is 12.6. The number of rotatable bonds is 19. The maximum atomic E-state index is 12.6. The van der Waals surface area contributed by atoms with Crippen LogP contribution in [-0.2, 0) is 11.2 Å². The average molecular weight is 539 g/mol. The molecule has 2 heterocycles. The molecule has 0 amide bonds. The van der Waals surface area contributed by atoms with E-state index >= 15 is 0 Å². The molecule has 0 radical (unpaired) electrons. The van der Waals surface area contributed by atoms with E-state index in [0.29, 0.717) is 22.0 Å². The Morgan fingerprint density at radius 1 is 0.763 bits per heavy atom. The highest BCUT2D eigenvalue weighted by Crippen LogP contribution is 2.39. The first-order valence-corrected chi connectivity index (χ1v) is 15.8. The second-order valence-corrected chi connectivity index (χ2v) is 11.4. The Labute approximate surface area is 233 Å². The first-order valence-electron chi connectivity index (χ1n) is 15.0. The van der Waals surface area contributed by atoms with Crippen molar-refractivity contribution in [3.05, 3.63) is 39.1 Å². The van der Waals surface area contributed by atoms with Gasteiger partial charge >= 0.3 is 0 Å². The molecule has 1 aromatic heterocycles. The second-order valence-electron chi connectivity index (χ2n) is 10.4. The van der Waals surface area contributed by atoms with Gasteiger partial charge < -0.3 is 5.11 Å². The molecule has 0 saturated carbocycles.